The van der Waals surface area contributed by atoms with Crippen molar-refractivity contribution in [2.75, 3.05) is 20.3 Å². The second-order valence-corrected chi connectivity index (χ2v) is 4.93. The monoisotopic (exact) mass is 317 g/mol. The largest absolute Gasteiger partial charge is 0.497 e. The van der Waals surface area contributed by atoms with Gasteiger partial charge in [-0.15, -0.1) is 0 Å². The van der Waals surface area contributed by atoms with E-state index in [1.165, 1.54) is 6.07 Å². The van der Waals surface area contributed by atoms with E-state index in [0.717, 1.165) is 11.3 Å². The van der Waals surface area contributed by atoms with E-state index >= 15 is 0 Å². The maximum atomic E-state index is 11.6. The highest BCUT2D eigenvalue weighted by molar-refractivity contribution is 5.88. The van der Waals surface area contributed by atoms with Crippen LogP contribution in [0.1, 0.15) is 21.9 Å². The van der Waals surface area contributed by atoms with Gasteiger partial charge < -0.3 is 19.2 Å². The molecule has 0 atom stereocenters. The Bertz CT molecular complexity index is 660. The van der Waals surface area contributed by atoms with E-state index in [2.05, 4.69) is 5.32 Å². The Labute approximate surface area is 134 Å². The summed E-state index contributed by atoms with van der Waals surface area (Å²) < 4.78 is 15.1. The number of benzene rings is 1. The van der Waals surface area contributed by atoms with E-state index in [-0.39, 0.29) is 18.3 Å². The number of carbonyl (C=O) groups excluding carboxylic acids is 2. The zero-order valence-corrected chi connectivity index (χ0v) is 13.1. The highest BCUT2D eigenvalue weighted by Gasteiger charge is 2.13. The maximum Gasteiger partial charge on any atom is 0.374 e. The molecule has 6 nitrogen and oxygen atoms in total. The molecule has 1 heterocycles. The highest BCUT2D eigenvalue weighted by Crippen LogP contribution is 2.11. The van der Waals surface area contributed by atoms with Gasteiger partial charge in [-0.2, -0.15) is 0 Å². The van der Waals surface area contributed by atoms with Crippen molar-refractivity contribution in [3.05, 3.63) is 53.5 Å². The van der Waals surface area contributed by atoms with Crippen molar-refractivity contribution >= 4 is 11.9 Å². The molecule has 0 spiro atoms. The van der Waals surface area contributed by atoms with Gasteiger partial charge in [0.15, 0.2) is 6.61 Å². The zero-order chi connectivity index (χ0) is 16.7. The molecule has 1 N–H and O–H groups in total. The molecule has 0 radical (unpaired) electrons. The fourth-order valence-corrected chi connectivity index (χ4v) is 1.94. The summed E-state index contributed by atoms with van der Waals surface area (Å²) in [6.07, 6.45) is 0.682. The summed E-state index contributed by atoms with van der Waals surface area (Å²) in [5.41, 5.74) is 1.08. The Hall–Kier alpha value is -2.76. The number of rotatable bonds is 7. The number of aryl methyl sites for hydroxylation is 1. The molecule has 1 aromatic carbocycles. The highest BCUT2D eigenvalue weighted by atomic mass is 16.5. The minimum absolute atomic E-state index is 0.0912. The molecule has 0 aliphatic heterocycles. The molecule has 1 amide bonds. The molecular weight excluding hydrogens is 298 g/mol. The number of furan rings is 1. The average Bonchev–Trinajstić information content (AvgIpc) is 3.00. The van der Waals surface area contributed by atoms with Gasteiger partial charge in [-0.25, -0.2) is 4.79 Å². The van der Waals surface area contributed by atoms with Gasteiger partial charge in [-0.3, -0.25) is 4.79 Å². The lowest BCUT2D eigenvalue weighted by Crippen LogP contribution is -2.30. The molecule has 122 valence electrons. The lowest BCUT2D eigenvalue weighted by Gasteiger charge is -2.06. The first kappa shape index (κ1) is 16.6. The number of carbonyl (C=O) groups is 2. The smallest absolute Gasteiger partial charge is 0.374 e. The molecule has 23 heavy (non-hydrogen) atoms. The first-order valence-electron chi connectivity index (χ1n) is 7.21. The Morgan fingerprint density at radius 1 is 1.13 bits per heavy atom. The average molecular weight is 317 g/mol. The van der Waals surface area contributed by atoms with Crippen molar-refractivity contribution in [3.8, 4) is 5.75 Å². The fourth-order valence-electron chi connectivity index (χ4n) is 1.94. The molecule has 1 aromatic heterocycles. The quantitative estimate of drug-likeness (QED) is 0.791. The summed E-state index contributed by atoms with van der Waals surface area (Å²) >= 11 is 0. The van der Waals surface area contributed by atoms with Crippen molar-refractivity contribution < 1.29 is 23.5 Å². The third-order valence-electron chi connectivity index (χ3n) is 3.17. The Morgan fingerprint density at radius 2 is 1.87 bits per heavy atom. The van der Waals surface area contributed by atoms with Crippen LogP contribution >= 0.6 is 0 Å². The van der Waals surface area contributed by atoms with E-state index in [0.29, 0.717) is 18.7 Å². The summed E-state index contributed by atoms with van der Waals surface area (Å²) in [4.78, 5) is 23.2. The molecule has 0 saturated heterocycles. The SMILES string of the molecule is COc1ccc(CCNC(=O)COC(=O)c2ccc(C)o2)cc1. The molecule has 0 saturated carbocycles. The normalized spacial score (nSPS) is 10.2. The van der Waals surface area contributed by atoms with E-state index in [4.69, 9.17) is 13.9 Å². The number of amides is 1. The standard InChI is InChI=1S/C17H19NO5/c1-12-3-8-15(23-12)17(20)22-11-16(19)18-10-9-13-4-6-14(21-2)7-5-13/h3-8H,9-11H2,1-2H3,(H,18,19). The second-order valence-electron chi connectivity index (χ2n) is 4.93. The number of ether oxygens (including phenoxy) is 2. The molecule has 0 bridgehead atoms. The van der Waals surface area contributed by atoms with Gasteiger partial charge in [-0.05, 0) is 43.2 Å². The van der Waals surface area contributed by atoms with E-state index in [1.54, 1.807) is 20.1 Å². The van der Waals surface area contributed by atoms with Crippen LogP contribution in [0.3, 0.4) is 0 Å². The molecule has 6 heteroatoms. The Balaban J connectivity index is 1.67. The molecule has 2 rings (SSSR count). The molecule has 0 unspecified atom stereocenters. The second kappa shape index (κ2) is 8.03. The van der Waals surface area contributed by atoms with Crippen LogP contribution in [0.2, 0.25) is 0 Å². The Kier molecular flexibility index (Phi) is 5.80. The fraction of sp³-hybridized carbons (Fsp3) is 0.294. The Morgan fingerprint density at radius 3 is 2.48 bits per heavy atom. The van der Waals surface area contributed by atoms with Crippen molar-refractivity contribution in [2.24, 2.45) is 0 Å². The third kappa shape index (κ3) is 5.18. The van der Waals surface area contributed by atoms with Crippen molar-refractivity contribution in [2.45, 2.75) is 13.3 Å². The van der Waals surface area contributed by atoms with Gasteiger partial charge in [0.1, 0.15) is 11.5 Å². The molecule has 0 fully saturated rings. The van der Waals surface area contributed by atoms with Crippen LogP contribution in [-0.2, 0) is 16.0 Å². The summed E-state index contributed by atoms with van der Waals surface area (Å²) in [7, 11) is 1.61. The van der Waals surface area contributed by atoms with Crippen molar-refractivity contribution in [3.63, 3.8) is 0 Å². The third-order valence-corrected chi connectivity index (χ3v) is 3.17. The first-order chi connectivity index (χ1) is 11.1. The summed E-state index contributed by atoms with van der Waals surface area (Å²) in [6, 6.07) is 10.8. The number of esters is 1. The lowest BCUT2D eigenvalue weighted by molar-refractivity contribution is -0.124. The van der Waals surface area contributed by atoms with Crippen LogP contribution < -0.4 is 10.1 Å². The van der Waals surface area contributed by atoms with Crippen LogP contribution in [0.15, 0.2) is 40.8 Å². The van der Waals surface area contributed by atoms with Crippen molar-refractivity contribution in [1.29, 1.82) is 0 Å². The van der Waals surface area contributed by atoms with Crippen LogP contribution in [0.25, 0.3) is 0 Å². The van der Waals surface area contributed by atoms with Crippen LogP contribution in [0, 0.1) is 6.92 Å². The van der Waals surface area contributed by atoms with E-state index < -0.39 is 5.97 Å². The number of hydrogen-bond acceptors (Lipinski definition) is 5. The van der Waals surface area contributed by atoms with E-state index in [1.807, 2.05) is 24.3 Å². The maximum absolute atomic E-state index is 11.6. The van der Waals surface area contributed by atoms with Crippen LogP contribution in [0.5, 0.6) is 5.75 Å². The lowest BCUT2D eigenvalue weighted by atomic mass is 10.1. The molecule has 2 aromatic rings. The minimum Gasteiger partial charge on any atom is -0.497 e. The molecular formula is C17H19NO5. The first-order valence-corrected chi connectivity index (χ1v) is 7.21. The van der Waals surface area contributed by atoms with Crippen LogP contribution in [-0.4, -0.2) is 32.1 Å². The zero-order valence-electron chi connectivity index (χ0n) is 13.1. The molecule has 0 aliphatic rings. The van der Waals surface area contributed by atoms with Gasteiger partial charge in [0.25, 0.3) is 5.91 Å². The number of hydrogen-bond donors (Lipinski definition) is 1. The topological polar surface area (TPSA) is 77.8 Å². The minimum atomic E-state index is -0.650. The van der Waals surface area contributed by atoms with Gasteiger partial charge in [0, 0.05) is 6.54 Å². The van der Waals surface area contributed by atoms with Crippen LogP contribution in [0.4, 0.5) is 0 Å². The summed E-state index contributed by atoms with van der Waals surface area (Å²) in [5, 5.41) is 2.69. The predicted molar refractivity (Wildman–Crippen MR) is 83.4 cm³/mol. The number of methoxy groups -OCH3 is 1. The van der Waals surface area contributed by atoms with Crippen molar-refractivity contribution in [1.82, 2.24) is 5.32 Å². The van der Waals surface area contributed by atoms with Gasteiger partial charge in [0.05, 0.1) is 7.11 Å². The van der Waals surface area contributed by atoms with Gasteiger partial charge in [-0.1, -0.05) is 12.1 Å². The summed E-state index contributed by atoms with van der Waals surface area (Å²) in [6.45, 7) is 1.85. The predicted octanol–water partition coefficient (Wildman–Crippen LogP) is 2.11. The molecule has 0 aliphatic carbocycles. The summed E-state index contributed by atoms with van der Waals surface area (Å²) in [5.74, 6) is 0.492. The van der Waals surface area contributed by atoms with E-state index in [9.17, 15) is 9.59 Å². The van der Waals surface area contributed by atoms with Gasteiger partial charge in [0.2, 0.25) is 5.76 Å². The number of nitrogens with one attached hydrogen (secondary N) is 1. The van der Waals surface area contributed by atoms with Gasteiger partial charge >= 0.3 is 5.97 Å².